The van der Waals surface area contributed by atoms with E-state index in [4.69, 9.17) is 9.47 Å². The van der Waals surface area contributed by atoms with Crippen LogP contribution in [0.4, 0.5) is 10.1 Å². The molecule has 0 radical (unpaired) electrons. The van der Waals surface area contributed by atoms with Gasteiger partial charge in [-0.1, -0.05) is 48.5 Å². The molecular weight excluding hydrogens is 381 g/mol. The summed E-state index contributed by atoms with van der Waals surface area (Å²) >= 11 is 0. The molecule has 4 rings (SSSR count). The number of hydrogen-bond donors (Lipinski definition) is 1. The third-order valence-electron chi connectivity index (χ3n) is 5.49. The van der Waals surface area contributed by atoms with Crippen molar-refractivity contribution in [1.82, 2.24) is 0 Å². The number of ether oxygens (including phenoxy) is 2. The van der Waals surface area contributed by atoms with Gasteiger partial charge in [0.15, 0.2) is 0 Å². The summed E-state index contributed by atoms with van der Waals surface area (Å²) in [6.07, 6.45) is 1.29. The highest BCUT2D eigenvalue weighted by Crippen LogP contribution is 2.36. The van der Waals surface area contributed by atoms with Crippen LogP contribution in [-0.4, -0.2) is 19.1 Å². The van der Waals surface area contributed by atoms with Crippen LogP contribution >= 0.6 is 0 Å². The molecule has 0 unspecified atom stereocenters. The van der Waals surface area contributed by atoms with E-state index in [2.05, 4.69) is 5.32 Å². The second-order valence-corrected chi connectivity index (χ2v) is 7.46. The van der Waals surface area contributed by atoms with Crippen molar-refractivity contribution in [2.24, 2.45) is 0 Å². The second-order valence-electron chi connectivity index (χ2n) is 7.46. The van der Waals surface area contributed by atoms with Crippen molar-refractivity contribution in [2.75, 3.05) is 18.5 Å². The Hall–Kier alpha value is -3.18. The zero-order valence-electron chi connectivity index (χ0n) is 16.6. The van der Waals surface area contributed by atoms with Gasteiger partial charge in [-0.05, 0) is 48.2 Å². The zero-order valence-corrected chi connectivity index (χ0v) is 16.6. The lowest BCUT2D eigenvalue weighted by atomic mass is 9.73. The summed E-state index contributed by atoms with van der Waals surface area (Å²) in [6.45, 7) is 1.40. The Morgan fingerprint density at radius 2 is 1.73 bits per heavy atom. The molecule has 0 spiro atoms. The molecule has 1 saturated heterocycles. The molecule has 1 fully saturated rings. The number of hydrogen-bond acceptors (Lipinski definition) is 3. The van der Waals surface area contributed by atoms with Gasteiger partial charge < -0.3 is 14.8 Å². The van der Waals surface area contributed by atoms with Gasteiger partial charge in [0.2, 0.25) is 5.91 Å². The standard InChI is InChI=1S/C25H24FNO3/c26-21-9-5-11-23(17-21)30-18-19-6-4-10-22(16-19)27-24(28)25(12-14-29-15-13-25)20-7-2-1-3-8-20/h1-11,16-17H,12-15,18H2,(H,27,28). The summed E-state index contributed by atoms with van der Waals surface area (Å²) in [4.78, 5) is 13.4. The fourth-order valence-corrected chi connectivity index (χ4v) is 3.84. The van der Waals surface area contributed by atoms with Crippen LogP contribution in [-0.2, 0) is 21.6 Å². The van der Waals surface area contributed by atoms with Crippen molar-refractivity contribution in [3.05, 3.63) is 95.8 Å². The maximum absolute atomic E-state index is 13.4. The highest BCUT2D eigenvalue weighted by molar-refractivity contribution is 5.99. The average molecular weight is 405 g/mol. The Bertz CT molecular complexity index is 1000. The molecule has 1 aliphatic rings. The minimum atomic E-state index is -0.604. The molecule has 3 aromatic rings. The van der Waals surface area contributed by atoms with Gasteiger partial charge in [-0.15, -0.1) is 0 Å². The first-order valence-corrected chi connectivity index (χ1v) is 10.1. The maximum Gasteiger partial charge on any atom is 0.235 e. The van der Waals surface area contributed by atoms with Crippen LogP contribution in [0.1, 0.15) is 24.0 Å². The zero-order chi connectivity index (χ0) is 20.8. The lowest BCUT2D eigenvalue weighted by Gasteiger charge is -2.36. The highest BCUT2D eigenvalue weighted by Gasteiger charge is 2.41. The first-order valence-electron chi connectivity index (χ1n) is 10.1. The normalized spacial score (nSPS) is 15.4. The Kier molecular flexibility index (Phi) is 6.10. The molecule has 0 atom stereocenters. The fourth-order valence-electron chi connectivity index (χ4n) is 3.84. The van der Waals surface area contributed by atoms with Crippen LogP contribution < -0.4 is 10.1 Å². The van der Waals surface area contributed by atoms with Crippen molar-refractivity contribution in [1.29, 1.82) is 0 Å². The quantitative estimate of drug-likeness (QED) is 0.621. The van der Waals surface area contributed by atoms with E-state index in [0.29, 0.717) is 37.5 Å². The second kappa shape index (κ2) is 9.09. The molecule has 0 bridgehead atoms. The summed E-state index contributed by atoms with van der Waals surface area (Å²) < 4.78 is 24.5. The Labute approximate surface area is 175 Å². The molecule has 30 heavy (non-hydrogen) atoms. The first kappa shape index (κ1) is 20.1. The summed E-state index contributed by atoms with van der Waals surface area (Å²) in [5, 5.41) is 3.09. The Balaban J connectivity index is 1.49. The number of rotatable bonds is 6. The molecule has 3 aromatic carbocycles. The van der Waals surface area contributed by atoms with Crippen molar-refractivity contribution >= 4 is 11.6 Å². The SMILES string of the molecule is O=C(Nc1cccc(COc2cccc(F)c2)c1)C1(c2ccccc2)CCOCC1. The van der Waals surface area contributed by atoms with Crippen LogP contribution in [0.25, 0.3) is 0 Å². The van der Waals surface area contributed by atoms with Crippen molar-refractivity contribution in [3.63, 3.8) is 0 Å². The van der Waals surface area contributed by atoms with Crippen molar-refractivity contribution in [3.8, 4) is 5.75 Å². The number of carbonyl (C=O) groups excluding carboxylic acids is 1. The van der Waals surface area contributed by atoms with Gasteiger partial charge in [0.05, 0.1) is 5.41 Å². The molecule has 1 heterocycles. The smallest absolute Gasteiger partial charge is 0.235 e. The average Bonchev–Trinajstić information content (AvgIpc) is 2.79. The van der Waals surface area contributed by atoms with E-state index in [1.807, 2.05) is 54.6 Å². The lowest BCUT2D eigenvalue weighted by molar-refractivity contribution is -0.125. The van der Waals surface area contributed by atoms with Gasteiger partial charge in [0, 0.05) is 25.0 Å². The van der Waals surface area contributed by atoms with Crippen LogP contribution in [0.2, 0.25) is 0 Å². The summed E-state index contributed by atoms with van der Waals surface area (Å²) in [7, 11) is 0. The van der Waals surface area contributed by atoms with E-state index >= 15 is 0 Å². The minimum Gasteiger partial charge on any atom is -0.489 e. The van der Waals surface area contributed by atoms with Gasteiger partial charge >= 0.3 is 0 Å². The Morgan fingerprint density at radius 1 is 0.967 bits per heavy atom. The molecule has 4 nitrogen and oxygen atoms in total. The third-order valence-corrected chi connectivity index (χ3v) is 5.49. The Morgan fingerprint density at radius 3 is 2.50 bits per heavy atom. The van der Waals surface area contributed by atoms with Gasteiger partial charge in [-0.2, -0.15) is 0 Å². The van der Waals surface area contributed by atoms with Crippen LogP contribution in [0, 0.1) is 5.82 Å². The molecule has 0 saturated carbocycles. The molecule has 0 aliphatic carbocycles. The van der Waals surface area contributed by atoms with Gasteiger partial charge in [0.1, 0.15) is 18.2 Å². The molecular formula is C25H24FNO3. The summed E-state index contributed by atoms with van der Waals surface area (Å²) in [5.41, 5.74) is 2.00. The van der Waals surface area contributed by atoms with E-state index in [0.717, 1.165) is 11.1 Å². The predicted molar refractivity (Wildman–Crippen MR) is 114 cm³/mol. The van der Waals surface area contributed by atoms with E-state index in [9.17, 15) is 9.18 Å². The largest absolute Gasteiger partial charge is 0.489 e. The fraction of sp³-hybridized carbons (Fsp3) is 0.240. The third kappa shape index (κ3) is 4.52. The van der Waals surface area contributed by atoms with E-state index < -0.39 is 5.41 Å². The highest BCUT2D eigenvalue weighted by atomic mass is 19.1. The number of anilines is 1. The number of nitrogens with one attached hydrogen (secondary N) is 1. The number of carbonyl (C=O) groups is 1. The number of amides is 1. The van der Waals surface area contributed by atoms with E-state index in [1.54, 1.807) is 12.1 Å². The van der Waals surface area contributed by atoms with Crippen LogP contribution in [0.5, 0.6) is 5.75 Å². The van der Waals surface area contributed by atoms with Gasteiger partial charge in [0.25, 0.3) is 0 Å². The van der Waals surface area contributed by atoms with Gasteiger partial charge in [-0.25, -0.2) is 4.39 Å². The van der Waals surface area contributed by atoms with Gasteiger partial charge in [-0.3, -0.25) is 4.79 Å². The topological polar surface area (TPSA) is 47.6 Å². The summed E-state index contributed by atoms with van der Waals surface area (Å²) in [5.74, 6) is 0.103. The van der Waals surface area contributed by atoms with Crippen molar-refractivity contribution in [2.45, 2.75) is 24.9 Å². The molecule has 5 heteroatoms. The number of benzene rings is 3. The van der Waals surface area contributed by atoms with Crippen LogP contribution in [0.15, 0.2) is 78.9 Å². The van der Waals surface area contributed by atoms with Crippen molar-refractivity contribution < 1.29 is 18.7 Å². The number of halogens is 1. The first-order chi connectivity index (χ1) is 14.7. The monoisotopic (exact) mass is 405 g/mol. The molecule has 0 aromatic heterocycles. The van der Waals surface area contributed by atoms with E-state index in [1.165, 1.54) is 12.1 Å². The molecule has 1 aliphatic heterocycles. The molecule has 1 amide bonds. The van der Waals surface area contributed by atoms with E-state index in [-0.39, 0.29) is 18.3 Å². The lowest BCUT2D eigenvalue weighted by Crippen LogP contribution is -2.44. The summed E-state index contributed by atoms with van der Waals surface area (Å²) in [6, 6.07) is 23.5. The molecule has 1 N–H and O–H groups in total. The maximum atomic E-state index is 13.4. The van der Waals surface area contributed by atoms with Crippen LogP contribution in [0.3, 0.4) is 0 Å². The molecule has 154 valence electrons. The minimum absolute atomic E-state index is 0.0276. The predicted octanol–water partition coefficient (Wildman–Crippen LogP) is 5.09.